The molecule has 2 N–H and O–H groups in total. The van der Waals surface area contributed by atoms with E-state index in [1.807, 2.05) is 6.07 Å². The number of hydrogen-bond donors (Lipinski definition) is 2. The fourth-order valence-electron chi connectivity index (χ4n) is 1.96. The van der Waals surface area contributed by atoms with Gasteiger partial charge in [-0.15, -0.1) is 0 Å². The third-order valence-electron chi connectivity index (χ3n) is 3.12. The maximum atomic E-state index is 12.1. The van der Waals surface area contributed by atoms with Gasteiger partial charge in [-0.3, -0.25) is 9.78 Å². The number of fused-ring (bicyclic) bond motifs is 1. The third kappa shape index (κ3) is 2.93. The molecule has 0 fully saturated rings. The fourth-order valence-corrected chi connectivity index (χ4v) is 1.96. The molecule has 0 aliphatic rings. The summed E-state index contributed by atoms with van der Waals surface area (Å²) in [6.07, 6.45) is 3.36. The minimum Gasteiger partial charge on any atom is -0.480 e. The van der Waals surface area contributed by atoms with E-state index in [2.05, 4.69) is 10.3 Å². The molecule has 0 saturated heterocycles. The zero-order valence-corrected chi connectivity index (χ0v) is 11.3. The van der Waals surface area contributed by atoms with Crippen LogP contribution in [0.4, 0.5) is 0 Å². The van der Waals surface area contributed by atoms with Gasteiger partial charge in [-0.2, -0.15) is 0 Å². The lowest BCUT2D eigenvalue weighted by Gasteiger charge is -2.18. The molecule has 5 heteroatoms. The Morgan fingerprint density at radius 3 is 2.60 bits per heavy atom. The first kappa shape index (κ1) is 14.0. The first-order valence-corrected chi connectivity index (χ1v) is 6.36. The van der Waals surface area contributed by atoms with E-state index in [-0.39, 0.29) is 11.8 Å². The van der Waals surface area contributed by atoms with Crippen LogP contribution in [0.15, 0.2) is 36.7 Å². The molecule has 1 aromatic heterocycles. The van der Waals surface area contributed by atoms with E-state index in [1.165, 1.54) is 0 Å². The van der Waals surface area contributed by atoms with Crippen LogP contribution in [0.5, 0.6) is 0 Å². The molecule has 1 amide bonds. The van der Waals surface area contributed by atoms with Gasteiger partial charge in [-0.1, -0.05) is 19.9 Å². The fraction of sp³-hybridized carbons (Fsp3) is 0.267. The largest absolute Gasteiger partial charge is 0.480 e. The number of nitrogens with one attached hydrogen (secondary N) is 1. The Bertz CT molecular complexity index is 652. The zero-order chi connectivity index (χ0) is 14.7. The minimum absolute atomic E-state index is 0.180. The quantitative estimate of drug-likeness (QED) is 0.893. The van der Waals surface area contributed by atoms with Crippen molar-refractivity contribution in [2.75, 3.05) is 0 Å². The predicted molar refractivity (Wildman–Crippen MR) is 75.5 cm³/mol. The van der Waals surface area contributed by atoms with Gasteiger partial charge in [0.05, 0.1) is 0 Å². The molecule has 1 unspecified atom stereocenters. The predicted octanol–water partition coefficient (Wildman–Crippen LogP) is 2.07. The third-order valence-corrected chi connectivity index (χ3v) is 3.12. The monoisotopic (exact) mass is 272 g/mol. The highest BCUT2D eigenvalue weighted by molar-refractivity contribution is 6.00. The number of aromatic nitrogens is 1. The van der Waals surface area contributed by atoms with E-state index >= 15 is 0 Å². The van der Waals surface area contributed by atoms with Gasteiger partial charge >= 0.3 is 5.97 Å². The van der Waals surface area contributed by atoms with Crippen LogP contribution in [0, 0.1) is 5.92 Å². The first-order chi connectivity index (χ1) is 9.49. The first-order valence-electron chi connectivity index (χ1n) is 6.36. The van der Waals surface area contributed by atoms with Crippen LogP contribution in [-0.2, 0) is 4.79 Å². The van der Waals surface area contributed by atoms with Crippen molar-refractivity contribution in [3.8, 4) is 0 Å². The van der Waals surface area contributed by atoms with Gasteiger partial charge in [0, 0.05) is 23.3 Å². The highest BCUT2D eigenvalue weighted by Crippen LogP contribution is 2.15. The molecule has 104 valence electrons. The van der Waals surface area contributed by atoms with Gasteiger partial charge in [0.15, 0.2) is 0 Å². The van der Waals surface area contributed by atoms with Crippen molar-refractivity contribution in [2.24, 2.45) is 5.92 Å². The Morgan fingerprint density at radius 1 is 1.20 bits per heavy atom. The molecule has 2 rings (SSSR count). The zero-order valence-electron chi connectivity index (χ0n) is 11.3. The molecule has 20 heavy (non-hydrogen) atoms. The van der Waals surface area contributed by atoms with E-state index in [0.717, 1.165) is 10.8 Å². The summed E-state index contributed by atoms with van der Waals surface area (Å²) in [5, 5.41) is 13.5. The van der Waals surface area contributed by atoms with Crippen molar-refractivity contribution >= 4 is 22.6 Å². The second-order valence-electron chi connectivity index (χ2n) is 4.97. The summed E-state index contributed by atoms with van der Waals surface area (Å²) >= 11 is 0. The molecule has 0 saturated carbocycles. The normalized spacial score (nSPS) is 12.3. The lowest BCUT2D eigenvalue weighted by atomic mass is 10.0. The van der Waals surface area contributed by atoms with Crippen LogP contribution < -0.4 is 5.32 Å². The Balaban J connectivity index is 2.24. The molecule has 0 radical (unpaired) electrons. The average Bonchev–Trinajstić information content (AvgIpc) is 2.43. The molecule has 0 bridgehead atoms. The molecule has 0 aliphatic heterocycles. The average molecular weight is 272 g/mol. The summed E-state index contributed by atoms with van der Waals surface area (Å²) in [6, 6.07) is 6.10. The van der Waals surface area contributed by atoms with Crippen LogP contribution >= 0.6 is 0 Å². The van der Waals surface area contributed by atoms with E-state index in [4.69, 9.17) is 5.11 Å². The molecule has 1 atom stereocenters. The number of carbonyl (C=O) groups is 2. The molecule has 1 aromatic carbocycles. The van der Waals surface area contributed by atoms with Crippen molar-refractivity contribution in [3.63, 3.8) is 0 Å². The summed E-state index contributed by atoms with van der Waals surface area (Å²) in [4.78, 5) is 27.2. The number of pyridine rings is 1. The number of rotatable bonds is 4. The maximum Gasteiger partial charge on any atom is 0.326 e. The molecule has 0 aliphatic carbocycles. The lowest BCUT2D eigenvalue weighted by molar-refractivity contribution is -0.140. The summed E-state index contributed by atoms with van der Waals surface area (Å²) < 4.78 is 0. The number of carboxylic acids is 1. The van der Waals surface area contributed by atoms with Crippen molar-refractivity contribution in [1.29, 1.82) is 0 Å². The van der Waals surface area contributed by atoms with Gasteiger partial charge in [-0.25, -0.2) is 4.79 Å². The molecular formula is C15H16N2O3. The lowest BCUT2D eigenvalue weighted by Crippen LogP contribution is -2.44. The molecule has 1 heterocycles. The Kier molecular flexibility index (Phi) is 3.98. The summed E-state index contributed by atoms with van der Waals surface area (Å²) in [7, 11) is 0. The van der Waals surface area contributed by atoms with Crippen molar-refractivity contribution in [2.45, 2.75) is 19.9 Å². The number of amides is 1. The van der Waals surface area contributed by atoms with Gasteiger partial charge < -0.3 is 10.4 Å². The smallest absolute Gasteiger partial charge is 0.326 e. The van der Waals surface area contributed by atoms with E-state index in [9.17, 15) is 9.59 Å². The summed E-state index contributed by atoms with van der Waals surface area (Å²) in [5.74, 6) is -1.59. The van der Waals surface area contributed by atoms with Crippen LogP contribution in [0.3, 0.4) is 0 Å². The highest BCUT2D eigenvalue weighted by Gasteiger charge is 2.23. The second kappa shape index (κ2) is 5.69. The Labute approximate surface area is 116 Å². The topological polar surface area (TPSA) is 79.3 Å². The number of benzene rings is 1. The number of hydrogen-bond acceptors (Lipinski definition) is 3. The van der Waals surface area contributed by atoms with Crippen LogP contribution in [0.1, 0.15) is 24.2 Å². The van der Waals surface area contributed by atoms with Gasteiger partial charge in [0.1, 0.15) is 6.04 Å². The van der Waals surface area contributed by atoms with Gasteiger partial charge in [0.2, 0.25) is 0 Å². The van der Waals surface area contributed by atoms with Crippen LogP contribution in [0.2, 0.25) is 0 Å². The molecular weight excluding hydrogens is 256 g/mol. The van der Waals surface area contributed by atoms with Crippen molar-refractivity contribution in [3.05, 3.63) is 42.2 Å². The van der Waals surface area contributed by atoms with Crippen LogP contribution in [-0.4, -0.2) is 28.0 Å². The van der Waals surface area contributed by atoms with E-state index < -0.39 is 12.0 Å². The maximum absolute atomic E-state index is 12.1. The van der Waals surface area contributed by atoms with E-state index in [0.29, 0.717) is 5.56 Å². The Hall–Kier alpha value is -2.43. The SMILES string of the molecule is CC(C)C(NC(=O)c1ccc2cnccc2c1)C(=O)O. The number of carboxylic acid groups (broad SMARTS) is 1. The van der Waals surface area contributed by atoms with Gasteiger partial charge in [0.25, 0.3) is 5.91 Å². The number of carbonyl (C=O) groups excluding carboxylic acids is 1. The van der Waals surface area contributed by atoms with Crippen molar-refractivity contribution in [1.82, 2.24) is 10.3 Å². The minimum atomic E-state index is -1.03. The standard InChI is InChI=1S/C15H16N2O3/c1-9(2)13(15(19)20)17-14(18)11-3-4-12-8-16-6-5-10(12)7-11/h3-9,13H,1-2H3,(H,17,18)(H,19,20). The number of nitrogens with zero attached hydrogens (tertiary/aromatic N) is 1. The highest BCUT2D eigenvalue weighted by atomic mass is 16.4. The van der Waals surface area contributed by atoms with Crippen molar-refractivity contribution < 1.29 is 14.7 Å². The van der Waals surface area contributed by atoms with Gasteiger partial charge in [-0.05, 0) is 29.5 Å². The second-order valence-corrected chi connectivity index (χ2v) is 4.97. The summed E-state index contributed by atoms with van der Waals surface area (Å²) in [5.41, 5.74) is 0.440. The molecule has 2 aromatic rings. The number of aliphatic carboxylic acids is 1. The molecule has 0 spiro atoms. The summed E-state index contributed by atoms with van der Waals surface area (Å²) in [6.45, 7) is 3.51. The Morgan fingerprint density at radius 2 is 1.95 bits per heavy atom. The molecule has 5 nitrogen and oxygen atoms in total. The van der Waals surface area contributed by atoms with E-state index in [1.54, 1.807) is 44.4 Å². The van der Waals surface area contributed by atoms with Crippen LogP contribution in [0.25, 0.3) is 10.8 Å².